The summed E-state index contributed by atoms with van der Waals surface area (Å²) in [5.41, 5.74) is 2.49. The molecule has 0 fully saturated rings. The average molecular weight is 272 g/mol. The molecule has 0 aliphatic carbocycles. The standard InChI is InChI=1S/C14H10ClN3O/c1-19-13-12(17-8-18-14(13)15)10-4-2-6-11-9(10)5-3-7-16-11/h2-8H,1H3. The molecule has 2 heterocycles. The summed E-state index contributed by atoms with van der Waals surface area (Å²) in [7, 11) is 1.55. The number of benzene rings is 1. The van der Waals surface area contributed by atoms with Crippen LogP contribution in [0.25, 0.3) is 22.2 Å². The van der Waals surface area contributed by atoms with Gasteiger partial charge in [-0.1, -0.05) is 29.8 Å². The lowest BCUT2D eigenvalue weighted by molar-refractivity contribution is 0.413. The molecule has 0 amide bonds. The van der Waals surface area contributed by atoms with Crippen molar-refractivity contribution in [2.24, 2.45) is 0 Å². The molecule has 0 unspecified atom stereocenters. The van der Waals surface area contributed by atoms with Crippen LogP contribution in [0.5, 0.6) is 5.75 Å². The summed E-state index contributed by atoms with van der Waals surface area (Å²) in [5, 5.41) is 1.30. The molecule has 4 nitrogen and oxygen atoms in total. The first-order valence-corrected chi connectivity index (χ1v) is 6.07. The van der Waals surface area contributed by atoms with E-state index in [1.54, 1.807) is 13.3 Å². The van der Waals surface area contributed by atoms with Gasteiger partial charge >= 0.3 is 0 Å². The normalized spacial score (nSPS) is 10.6. The van der Waals surface area contributed by atoms with Crippen LogP contribution < -0.4 is 4.74 Å². The van der Waals surface area contributed by atoms with Crippen LogP contribution in [0.3, 0.4) is 0 Å². The summed E-state index contributed by atoms with van der Waals surface area (Å²) >= 11 is 6.04. The fraction of sp³-hybridized carbons (Fsp3) is 0.0714. The Hall–Kier alpha value is -2.20. The number of aromatic nitrogens is 3. The fourth-order valence-corrected chi connectivity index (χ4v) is 2.25. The predicted molar refractivity (Wildman–Crippen MR) is 74.3 cm³/mol. The van der Waals surface area contributed by atoms with E-state index in [2.05, 4.69) is 15.0 Å². The lowest BCUT2D eigenvalue weighted by atomic mass is 10.0. The van der Waals surface area contributed by atoms with Gasteiger partial charge in [0.2, 0.25) is 0 Å². The highest BCUT2D eigenvalue weighted by atomic mass is 35.5. The summed E-state index contributed by atoms with van der Waals surface area (Å²) in [5.74, 6) is 0.473. The average Bonchev–Trinajstić information content (AvgIpc) is 2.46. The Labute approximate surface area is 115 Å². The third-order valence-corrected chi connectivity index (χ3v) is 3.13. The molecule has 0 aliphatic heterocycles. The minimum atomic E-state index is 0.299. The zero-order valence-corrected chi connectivity index (χ0v) is 10.9. The second-order valence-electron chi connectivity index (χ2n) is 3.92. The molecule has 0 saturated carbocycles. The summed E-state index contributed by atoms with van der Waals surface area (Å²) in [6.45, 7) is 0. The first-order chi connectivity index (χ1) is 9.31. The molecule has 19 heavy (non-hydrogen) atoms. The maximum Gasteiger partial charge on any atom is 0.182 e. The molecule has 3 aromatic rings. The van der Waals surface area contributed by atoms with Crippen molar-refractivity contribution in [3.8, 4) is 17.0 Å². The Bertz CT molecular complexity index is 740. The Balaban J connectivity index is 2.34. The van der Waals surface area contributed by atoms with Gasteiger partial charge in [0.25, 0.3) is 0 Å². The number of methoxy groups -OCH3 is 1. The molecule has 2 aromatic heterocycles. The van der Waals surface area contributed by atoms with Crippen LogP contribution in [0.2, 0.25) is 5.15 Å². The topological polar surface area (TPSA) is 47.9 Å². The highest BCUT2D eigenvalue weighted by molar-refractivity contribution is 6.31. The van der Waals surface area contributed by atoms with Crippen molar-refractivity contribution < 1.29 is 4.74 Å². The minimum Gasteiger partial charge on any atom is -0.491 e. The molecule has 0 atom stereocenters. The summed E-state index contributed by atoms with van der Waals surface area (Å²) in [4.78, 5) is 12.5. The maximum atomic E-state index is 6.04. The summed E-state index contributed by atoms with van der Waals surface area (Å²) in [6.07, 6.45) is 3.19. The Kier molecular flexibility index (Phi) is 3.01. The van der Waals surface area contributed by atoms with E-state index in [1.807, 2.05) is 30.3 Å². The van der Waals surface area contributed by atoms with Gasteiger partial charge in [0.05, 0.1) is 12.6 Å². The molecule has 0 spiro atoms. The van der Waals surface area contributed by atoms with Crippen molar-refractivity contribution in [1.29, 1.82) is 0 Å². The number of pyridine rings is 1. The smallest absolute Gasteiger partial charge is 0.182 e. The van der Waals surface area contributed by atoms with E-state index < -0.39 is 0 Å². The van der Waals surface area contributed by atoms with E-state index in [0.29, 0.717) is 16.6 Å². The van der Waals surface area contributed by atoms with E-state index in [1.165, 1.54) is 6.33 Å². The lowest BCUT2D eigenvalue weighted by Gasteiger charge is -2.10. The van der Waals surface area contributed by atoms with Gasteiger partial charge in [0, 0.05) is 17.1 Å². The number of nitrogens with zero attached hydrogens (tertiary/aromatic N) is 3. The number of hydrogen-bond donors (Lipinski definition) is 0. The second-order valence-corrected chi connectivity index (χ2v) is 4.28. The van der Waals surface area contributed by atoms with Crippen molar-refractivity contribution in [2.45, 2.75) is 0 Å². The molecular formula is C14H10ClN3O. The Morgan fingerprint density at radius 2 is 1.95 bits per heavy atom. The highest BCUT2D eigenvalue weighted by Gasteiger charge is 2.14. The summed E-state index contributed by atoms with van der Waals surface area (Å²) in [6, 6.07) is 9.73. The van der Waals surface area contributed by atoms with Gasteiger partial charge in [-0.05, 0) is 12.1 Å². The highest BCUT2D eigenvalue weighted by Crippen LogP contribution is 2.35. The van der Waals surface area contributed by atoms with Gasteiger partial charge in [0.15, 0.2) is 10.9 Å². The number of hydrogen-bond acceptors (Lipinski definition) is 4. The molecule has 1 aromatic carbocycles. The first kappa shape index (κ1) is 11.9. The van der Waals surface area contributed by atoms with Crippen LogP contribution in [0.15, 0.2) is 42.9 Å². The second kappa shape index (κ2) is 4.82. The van der Waals surface area contributed by atoms with Crippen molar-refractivity contribution in [3.05, 3.63) is 48.0 Å². The zero-order valence-electron chi connectivity index (χ0n) is 10.2. The molecule has 0 N–H and O–H groups in total. The largest absolute Gasteiger partial charge is 0.491 e. The van der Waals surface area contributed by atoms with Crippen LogP contribution in [-0.4, -0.2) is 22.1 Å². The quantitative estimate of drug-likeness (QED) is 0.671. The maximum absolute atomic E-state index is 6.04. The van der Waals surface area contributed by atoms with Gasteiger partial charge in [-0.15, -0.1) is 0 Å². The third-order valence-electron chi connectivity index (χ3n) is 2.87. The van der Waals surface area contributed by atoms with Crippen molar-refractivity contribution in [1.82, 2.24) is 15.0 Å². The van der Waals surface area contributed by atoms with Crippen LogP contribution in [0.1, 0.15) is 0 Å². The van der Waals surface area contributed by atoms with Gasteiger partial charge in [-0.25, -0.2) is 9.97 Å². The van der Waals surface area contributed by atoms with Gasteiger partial charge in [0.1, 0.15) is 12.0 Å². The van der Waals surface area contributed by atoms with Crippen LogP contribution in [0, 0.1) is 0 Å². The molecule has 5 heteroatoms. The Morgan fingerprint density at radius 1 is 1.05 bits per heavy atom. The molecular weight excluding hydrogens is 262 g/mol. The third kappa shape index (κ3) is 2.00. The van der Waals surface area contributed by atoms with Crippen LogP contribution in [0.4, 0.5) is 0 Å². The van der Waals surface area contributed by atoms with E-state index in [4.69, 9.17) is 16.3 Å². The molecule has 0 bridgehead atoms. The molecule has 0 aliphatic rings. The number of halogens is 1. The van der Waals surface area contributed by atoms with Crippen LogP contribution in [-0.2, 0) is 0 Å². The van der Waals surface area contributed by atoms with E-state index in [0.717, 1.165) is 16.5 Å². The Morgan fingerprint density at radius 3 is 2.79 bits per heavy atom. The first-order valence-electron chi connectivity index (χ1n) is 5.70. The van der Waals surface area contributed by atoms with Crippen LogP contribution >= 0.6 is 11.6 Å². The molecule has 3 rings (SSSR count). The molecule has 0 radical (unpaired) electrons. The molecule has 0 saturated heterocycles. The number of ether oxygens (including phenoxy) is 1. The van der Waals surface area contributed by atoms with Gasteiger partial charge in [-0.3, -0.25) is 4.98 Å². The van der Waals surface area contributed by atoms with E-state index >= 15 is 0 Å². The predicted octanol–water partition coefficient (Wildman–Crippen LogP) is 3.35. The zero-order chi connectivity index (χ0) is 13.2. The minimum absolute atomic E-state index is 0.299. The van der Waals surface area contributed by atoms with Gasteiger partial charge < -0.3 is 4.74 Å². The van der Waals surface area contributed by atoms with E-state index in [-0.39, 0.29) is 0 Å². The fourth-order valence-electron chi connectivity index (χ4n) is 2.03. The number of fused-ring (bicyclic) bond motifs is 1. The summed E-state index contributed by atoms with van der Waals surface area (Å²) < 4.78 is 5.30. The van der Waals surface area contributed by atoms with Crippen molar-refractivity contribution in [2.75, 3.05) is 7.11 Å². The molecule has 94 valence electrons. The lowest BCUT2D eigenvalue weighted by Crippen LogP contribution is -1.95. The van der Waals surface area contributed by atoms with Crippen molar-refractivity contribution >= 4 is 22.5 Å². The SMILES string of the molecule is COc1c(Cl)ncnc1-c1cccc2ncccc12. The van der Waals surface area contributed by atoms with Crippen molar-refractivity contribution in [3.63, 3.8) is 0 Å². The van der Waals surface area contributed by atoms with Gasteiger partial charge in [-0.2, -0.15) is 0 Å². The number of rotatable bonds is 2. The monoisotopic (exact) mass is 271 g/mol. The van der Waals surface area contributed by atoms with E-state index in [9.17, 15) is 0 Å².